The summed E-state index contributed by atoms with van der Waals surface area (Å²) in [4.78, 5) is 11.8. The van der Waals surface area contributed by atoms with Gasteiger partial charge in [0.1, 0.15) is 0 Å². The Morgan fingerprint density at radius 2 is 1.36 bits per heavy atom. The first-order valence-electron chi connectivity index (χ1n) is 11.6. The molecule has 42 heavy (non-hydrogen) atoms. The topological polar surface area (TPSA) is 178 Å². The molecule has 2 aliphatic heterocycles. The molecule has 1 aromatic rings. The second kappa shape index (κ2) is 10.2. The van der Waals surface area contributed by atoms with Gasteiger partial charge < -0.3 is 45.4 Å². The molecule has 2 fully saturated rings. The van der Waals surface area contributed by atoms with Gasteiger partial charge in [-0.25, -0.2) is 9.69 Å². The van der Waals surface area contributed by atoms with Gasteiger partial charge in [-0.2, -0.15) is 44.4 Å². The zero-order chi connectivity index (χ0) is 32.5. The number of ether oxygens (including phenoxy) is 1. The Hall–Kier alpha value is -2.60. The summed E-state index contributed by atoms with van der Waals surface area (Å²) < 4.78 is 121. The van der Waals surface area contributed by atoms with Crippen LogP contribution in [0, 0.1) is 0 Å². The van der Waals surface area contributed by atoms with Crippen LogP contribution in [0.2, 0.25) is 0 Å². The van der Waals surface area contributed by atoms with Crippen LogP contribution in [-0.4, -0.2) is 114 Å². The van der Waals surface area contributed by atoms with E-state index in [4.69, 9.17) is 0 Å². The summed E-state index contributed by atoms with van der Waals surface area (Å²) in [5.41, 5.74) is -6.02. The number of amides is 1. The van der Waals surface area contributed by atoms with E-state index in [1.54, 1.807) is 0 Å². The van der Waals surface area contributed by atoms with Crippen molar-refractivity contribution < 1.29 is 84.8 Å². The molecule has 1 atom stereocenters. The van der Waals surface area contributed by atoms with E-state index in [0.29, 0.717) is 31.0 Å². The van der Waals surface area contributed by atoms with E-state index in [9.17, 15) is 80.1 Å². The molecule has 0 bridgehead atoms. The minimum absolute atomic E-state index is 0.0298. The smallest absolute Gasteiger partial charge is 0.426 e. The predicted octanol–water partition coefficient (Wildman–Crippen LogP) is -0.753. The van der Waals surface area contributed by atoms with Crippen LogP contribution in [0.25, 0.3) is 0 Å². The van der Waals surface area contributed by atoms with E-state index in [2.05, 4.69) is 4.74 Å². The van der Waals surface area contributed by atoms with Crippen molar-refractivity contribution in [3.05, 3.63) is 29.3 Å². The van der Waals surface area contributed by atoms with Crippen LogP contribution in [0.15, 0.2) is 18.2 Å². The normalized spacial score (nSPS) is 24.8. The molecule has 1 aromatic carbocycles. The number of rotatable bonds is 4. The Bertz CT molecular complexity index is 1140. The van der Waals surface area contributed by atoms with Gasteiger partial charge in [-0.05, 0) is 30.5 Å². The first kappa shape index (κ1) is 33.9. The van der Waals surface area contributed by atoms with Crippen LogP contribution in [-0.2, 0) is 17.5 Å². The number of benzene rings is 1. The Labute approximate surface area is 229 Å². The minimum atomic E-state index is -6.38. The molecule has 0 spiro atoms. The number of hydrogen-bond donors (Lipinski definition) is 7. The van der Waals surface area contributed by atoms with Gasteiger partial charge in [-0.1, -0.05) is 6.07 Å². The molecule has 3 rings (SSSR count). The highest BCUT2D eigenvalue weighted by atomic mass is 19.4. The molecule has 1 unspecified atom stereocenters. The van der Waals surface area contributed by atoms with Gasteiger partial charge in [0.25, 0.3) is 12.0 Å². The summed E-state index contributed by atoms with van der Waals surface area (Å²) in [7, 11) is 0.0298. The maximum atomic E-state index is 13.4. The third-order valence-corrected chi connectivity index (χ3v) is 6.77. The largest absolute Gasteiger partial charge is 0.434 e. The molecule has 1 amide bonds. The van der Waals surface area contributed by atoms with Crippen molar-refractivity contribution in [2.75, 3.05) is 18.0 Å². The summed E-state index contributed by atoms with van der Waals surface area (Å²) in [5, 5.41) is 74.1. The van der Waals surface area contributed by atoms with Crippen LogP contribution in [0.3, 0.4) is 0 Å². The average molecular weight is 631 g/mol. The number of alkyl halides is 9. The molecule has 0 aromatic heterocycles. The molecule has 0 saturated carbocycles. The Kier molecular flexibility index (Phi) is 8.27. The molecule has 12 nitrogen and oxygen atoms in total. The highest BCUT2D eigenvalue weighted by Gasteiger charge is 2.77. The molecule has 0 aliphatic carbocycles. The molecule has 0 radical (unpaired) electrons. The zero-order valence-corrected chi connectivity index (χ0v) is 21.0. The molecular formula is C20H23BF9N3O9. The summed E-state index contributed by atoms with van der Waals surface area (Å²) in [6.07, 6.45) is -24.8. The van der Waals surface area contributed by atoms with E-state index in [0.717, 1.165) is 0 Å². The number of anilines is 1. The maximum Gasteiger partial charge on any atom is 0.434 e. The first-order chi connectivity index (χ1) is 18.7. The monoisotopic (exact) mass is 631 g/mol. The summed E-state index contributed by atoms with van der Waals surface area (Å²) >= 11 is 0. The number of hydrogen-bond acceptors (Lipinski definition) is 11. The summed E-state index contributed by atoms with van der Waals surface area (Å²) in [6.45, 7) is -1.05. The molecule has 22 heteroatoms. The molecule has 2 saturated heterocycles. The van der Waals surface area contributed by atoms with E-state index >= 15 is 0 Å². The molecular weight excluding hydrogens is 608 g/mol. The average Bonchev–Trinajstić information content (AvgIpc) is 3.32. The number of carbonyl (C=O) groups is 1. The lowest BCUT2D eigenvalue weighted by Gasteiger charge is -2.62. The number of carbonyl (C=O) groups excluding carboxylic acids is 1. The maximum absolute atomic E-state index is 13.4. The van der Waals surface area contributed by atoms with Crippen LogP contribution in [0.5, 0.6) is 0 Å². The lowest BCUT2D eigenvalue weighted by atomic mass is 9.80. The molecule has 2 aliphatic rings. The Balaban J connectivity index is 2.10. The third kappa shape index (κ3) is 5.68. The lowest BCUT2D eigenvalue weighted by Crippen LogP contribution is -2.91. The number of nitrogens with zero attached hydrogens (tertiary/aromatic N) is 3. The predicted molar refractivity (Wildman–Crippen MR) is 118 cm³/mol. The van der Waals surface area contributed by atoms with Gasteiger partial charge in [-0.3, -0.25) is 0 Å². The van der Waals surface area contributed by atoms with E-state index < -0.39 is 81.6 Å². The zero-order valence-electron chi connectivity index (χ0n) is 21.0. The second-order valence-electron chi connectivity index (χ2n) is 9.73. The number of piperazine rings is 1. The van der Waals surface area contributed by atoms with Crippen LogP contribution < -0.4 is 4.90 Å². The van der Waals surface area contributed by atoms with Gasteiger partial charge in [0.2, 0.25) is 0 Å². The highest BCUT2D eigenvalue weighted by Crippen LogP contribution is 2.47. The van der Waals surface area contributed by atoms with Crippen molar-refractivity contribution in [1.82, 2.24) is 9.80 Å². The van der Waals surface area contributed by atoms with Gasteiger partial charge in [-0.15, -0.1) is 0 Å². The number of aliphatic hydroxyl groups is 7. The summed E-state index contributed by atoms with van der Waals surface area (Å²) in [6, 6.07) is 1.79. The third-order valence-electron chi connectivity index (χ3n) is 6.77. The fraction of sp³-hybridized carbons (Fsp3) is 0.650. The fourth-order valence-electron chi connectivity index (χ4n) is 4.55. The van der Waals surface area contributed by atoms with Gasteiger partial charge in [0.05, 0.1) is 5.56 Å². The molecule has 2 heterocycles. The highest BCUT2D eigenvalue weighted by molar-refractivity contribution is 6.16. The van der Waals surface area contributed by atoms with Crippen molar-refractivity contribution in [3.63, 3.8) is 0 Å². The van der Waals surface area contributed by atoms with Crippen LogP contribution in [0.1, 0.15) is 24.0 Å². The van der Waals surface area contributed by atoms with Crippen molar-refractivity contribution in [2.45, 2.75) is 67.4 Å². The Morgan fingerprint density at radius 1 is 0.857 bits per heavy atom. The van der Waals surface area contributed by atoms with Crippen molar-refractivity contribution in [1.29, 1.82) is 0 Å². The van der Waals surface area contributed by atoms with Gasteiger partial charge >= 0.3 is 36.4 Å². The number of halogens is 9. The lowest BCUT2D eigenvalue weighted by molar-refractivity contribution is -0.559. The fourth-order valence-corrected chi connectivity index (χ4v) is 4.55. The summed E-state index contributed by atoms with van der Waals surface area (Å²) in [5.74, 6) is -14.0. The van der Waals surface area contributed by atoms with Crippen molar-refractivity contribution >= 4 is 19.6 Å². The van der Waals surface area contributed by atoms with E-state index in [-0.39, 0.29) is 26.6 Å². The molecule has 7 N–H and O–H groups in total. The Morgan fingerprint density at radius 3 is 1.81 bits per heavy atom. The van der Waals surface area contributed by atoms with Gasteiger partial charge in [0, 0.05) is 25.3 Å². The second-order valence-corrected chi connectivity index (χ2v) is 9.73. The van der Waals surface area contributed by atoms with Crippen molar-refractivity contribution in [2.24, 2.45) is 0 Å². The standard InChI is InChI=1S/C20H23BF9N3O9/c21-17(35)18(36,37)32(8-9-3-4-10(14(22,23)24)7-11(9)31-5-1-2-6-31)19(38,39)20(40,41)33(17)13(34)42-12(15(25,26)27)16(28,29)30/h3-4,7,12,35-41H,1-2,5-6,8,21H2. The van der Waals surface area contributed by atoms with E-state index in [1.807, 2.05) is 0 Å². The first-order valence-corrected chi connectivity index (χ1v) is 11.6. The molecule has 238 valence electrons. The SMILES string of the molecule is BC1(O)N(C(=O)OC(C(F)(F)F)C(F)(F)F)C(O)(O)C(O)(O)N(Cc2ccc(C(F)(F)F)cc2N2CCCC2)C1(O)O. The van der Waals surface area contributed by atoms with Crippen LogP contribution >= 0.6 is 0 Å². The van der Waals surface area contributed by atoms with E-state index in [1.165, 1.54) is 4.90 Å². The minimum Gasteiger partial charge on any atom is -0.426 e. The van der Waals surface area contributed by atoms with Crippen LogP contribution in [0.4, 0.5) is 50.0 Å². The van der Waals surface area contributed by atoms with Gasteiger partial charge in [0.15, 0.2) is 13.5 Å². The quantitative estimate of drug-likeness (QED) is 0.126. The van der Waals surface area contributed by atoms with Crippen molar-refractivity contribution in [3.8, 4) is 0 Å².